The molecule has 2 fully saturated rings. The summed E-state index contributed by atoms with van der Waals surface area (Å²) in [5.74, 6) is 0.651. The van der Waals surface area contributed by atoms with Crippen molar-refractivity contribution < 1.29 is 18.0 Å². The van der Waals surface area contributed by atoms with Gasteiger partial charge in [-0.25, -0.2) is 0 Å². The second-order valence-corrected chi connectivity index (χ2v) is 9.14. The van der Waals surface area contributed by atoms with Gasteiger partial charge in [-0.1, -0.05) is 36.2 Å². The number of halogens is 4. The molecule has 0 aliphatic carbocycles. The number of rotatable bonds is 6. The monoisotopic (exact) mass is 464 g/mol. The Labute approximate surface area is 191 Å². The van der Waals surface area contributed by atoms with Gasteiger partial charge in [0.15, 0.2) is 0 Å². The van der Waals surface area contributed by atoms with Gasteiger partial charge < -0.3 is 15.1 Å². The van der Waals surface area contributed by atoms with Crippen LogP contribution in [0, 0.1) is 18.8 Å². The topological polar surface area (TPSA) is 37.7 Å². The predicted octanol–water partition coefficient (Wildman–Crippen LogP) is 5.77. The van der Waals surface area contributed by atoms with Gasteiger partial charge in [-0.15, -0.1) is 12.2 Å². The number of carbonyl (C=O) groups excluding carboxylic acids is 1. The molecule has 8 heteroatoms. The van der Waals surface area contributed by atoms with Crippen molar-refractivity contribution in [1.29, 1.82) is 0 Å². The quantitative estimate of drug-likeness (QED) is 0.509. The lowest BCUT2D eigenvalue weighted by molar-refractivity contribution is -0.137. The van der Waals surface area contributed by atoms with Gasteiger partial charge in [0.25, 0.3) is 5.91 Å². The lowest BCUT2D eigenvalue weighted by Crippen LogP contribution is -2.33. The average molecular weight is 465 g/mol. The highest BCUT2D eigenvalue weighted by molar-refractivity contribution is 6.31. The number of likely N-dealkylation sites (tertiary alicyclic amines) is 2. The standard InChI is InChI=1S/C24H26ClF3N3O/c1-16-3-8-21(11-22(16)25)29-9-2-10-30-12-18-14-31(15-19(18)13-30)23(32)17-4-6-20(7-5-17)24(26,27)28/h3-8,11,18-19H,2,9-10,12-15H2,1H3/q-1. The first kappa shape index (κ1) is 22.9. The van der Waals surface area contributed by atoms with Crippen molar-refractivity contribution in [3.8, 4) is 0 Å². The Morgan fingerprint density at radius 1 is 1.06 bits per heavy atom. The van der Waals surface area contributed by atoms with Crippen LogP contribution in [0.15, 0.2) is 42.5 Å². The van der Waals surface area contributed by atoms with E-state index >= 15 is 0 Å². The van der Waals surface area contributed by atoms with Crippen molar-refractivity contribution in [2.24, 2.45) is 11.8 Å². The van der Waals surface area contributed by atoms with Crippen LogP contribution < -0.4 is 0 Å². The van der Waals surface area contributed by atoms with Crippen molar-refractivity contribution in [3.63, 3.8) is 0 Å². The number of carbonyl (C=O) groups is 1. The van der Waals surface area contributed by atoms with Crippen LogP contribution in [0.1, 0.15) is 27.9 Å². The van der Waals surface area contributed by atoms with Crippen LogP contribution in [0.3, 0.4) is 0 Å². The van der Waals surface area contributed by atoms with Gasteiger partial charge in [0, 0.05) is 36.8 Å². The van der Waals surface area contributed by atoms with E-state index in [1.165, 1.54) is 12.1 Å². The second-order valence-electron chi connectivity index (χ2n) is 8.73. The Morgan fingerprint density at radius 2 is 1.72 bits per heavy atom. The smallest absolute Gasteiger partial charge is 0.416 e. The van der Waals surface area contributed by atoms with Gasteiger partial charge in [-0.3, -0.25) is 4.79 Å². The summed E-state index contributed by atoms with van der Waals surface area (Å²) in [5.41, 5.74) is 1.52. The fraction of sp³-hybridized carbons (Fsp3) is 0.458. The zero-order valence-corrected chi connectivity index (χ0v) is 18.7. The molecule has 0 spiro atoms. The Kier molecular flexibility index (Phi) is 6.67. The maximum Gasteiger partial charge on any atom is 0.416 e. The minimum Gasteiger partial charge on any atom is -0.684 e. The fourth-order valence-corrected chi connectivity index (χ4v) is 4.78. The molecule has 2 aromatic carbocycles. The number of hydrogen-bond donors (Lipinski definition) is 0. The van der Waals surface area contributed by atoms with Crippen LogP contribution >= 0.6 is 11.6 Å². The summed E-state index contributed by atoms with van der Waals surface area (Å²) in [6.07, 6.45) is -3.44. The van der Waals surface area contributed by atoms with Gasteiger partial charge in [0.1, 0.15) is 0 Å². The van der Waals surface area contributed by atoms with Crippen molar-refractivity contribution in [1.82, 2.24) is 9.80 Å². The fourth-order valence-electron chi connectivity index (χ4n) is 4.61. The number of fused-ring (bicyclic) bond motifs is 1. The van der Waals surface area contributed by atoms with Gasteiger partial charge in [-0.2, -0.15) is 13.2 Å². The molecule has 2 unspecified atom stereocenters. The number of aryl methyl sites for hydroxylation is 1. The molecule has 4 nitrogen and oxygen atoms in total. The Morgan fingerprint density at radius 3 is 2.31 bits per heavy atom. The molecular weight excluding hydrogens is 439 g/mol. The Balaban J connectivity index is 1.21. The summed E-state index contributed by atoms with van der Waals surface area (Å²) in [7, 11) is 0. The summed E-state index contributed by atoms with van der Waals surface area (Å²) in [4.78, 5) is 16.9. The lowest BCUT2D eigenvalue weighted by atomic mass is 10.0. The Hall–Kier alpha value is -2.25. The number of amides is 1. The first-order chi connectivity index (χ1) is 15.2. The molecule has 2 aromatic rings. The highest BCUT2D eigenvalue weighted by atomic mass is 35.5. The molecule has 32 heavy (non-hydrogen) atoms. The van der Waals surface area contributed by atoms with E-state index < -0.39 is 11.7 Å². The molecular formula is C24H26ClF3N3O-. The number of alkyl halides is 3. The molecule has 2 aliphatic heterocycles. The summed E-state index contributed by atoms with van der Waals surface area (Å²) < 4.78 is 38.2. The highest BCUT2D eigenvalue weighted by Crippen LogP contribution is 2.33. The first-order valence-corrected chi connectivity index (χ1v) is 11.2. The third-order valence-corrected chi connectivity index (χ3v) is 6.80. The van der Waals surface area contributed by atoms with E-state index in [0.717, 1.165) is 61.0 Å². The molecule has 1 amide bonds. The summed E-state index contributed by atoms with van der Waals surface area (Å²) in [6.45, 7) is 6.87. The zero-order chi connectivity index (χ0) is 22.9. The molecule has 0 radical (unpaired) electrons. The largest absolute Gasteiger partial charge is 0.684 e. The van der Waals surface area contributed by atoms with E-state index in [9.17, 15) is 18.0 Å². The third-order valence-electron chi connectivity index (χ3n) is 6.39. The Bertz CT molecular complexity index is 950. The number of hydrogen-bond acceptors (Lipinski definition) is 2. The molecule has 172 valence electrons. The highest BCUT2D eigenvalue weighted by Gasteiger charge is 2.41. The van der Waals surface area contributed by atoms with Crippen LogP contribution in [-0.2, 0) is 6.18 Å². The van der Waals surface area contributed by atoms with Gasteiger partial charge >= 0.3 is 6.18 Å². The molecule has 2 heterocycles. The van der Waals surface area contributed by atoms with Gasteiger partial charge in [-0.05, 0) is 55.1 Å². The van der Waals surface area contributed by atoms with Crippen molar-refractivity contribution in [2.45, 2.75) is 19.5 Å². The van der Waals surface area contributed by atoms with E-state index in [1.54, 1.807) is 4.90 Å². The zero-order valence-electron chi connectivity index (χ0n) is 17.9. The van der Waals surface area contributed by atoms with Gasteiger partial charge in [0.2, 0.25) is 0 Å². The van der Waals surface area contributed by atoms with Crippen LogP contribution in [0.4, 0.5) is 18.9 Å². The maximum atomic E-state index is 12.7. The molecule has 0 saturated carbocycles. The van der Waals surface area contributed by atoms with Crippen molar-refractivity contribution >= 4 is 23.2 Å². The van der Waals surface area contributed by atoms with E-state index in [2.05, 4.69) is 10.2 Å². The minimum atomic E-state index is -4.39. The van der Waals surface area contributed by atoms with Crippen LogP contribution in [-0.4, -0.2) is 55.0 Å². The summed E-state index contributed by atoms with van der Waals surface area (Å²) >= 11 is 6.14. The predicted molar refractivity (Wildman–Crippen MR) is 119 cm³/mol. The van der Waals surface area contributed by atoms with Gasteiger partial charge in [0.05, 0.1) is 5.56 Å². The van der Waals surface area contributed by atoms with Crippen molar-refractivity contribution in [2.75, 3.05) is 39.3 Å². The maximum absolute atomic E-state index is 12.7. The summed E-state index contributed by atoms with van der Waals surface area (Å²) in [5, 5.41) is 5.33. The van der Waals surface area contributed by atoms with E-state index in [1.807, 2.05) is 25.1 Å². The molecule has 2 saturated heterocycles. The van der Waals surface area contributed by atoms with E-state index in [4.69, 9.17) is 11.6 Å². The molecule has 0 N–H and O–H groups in total. The minimum absolute atomic E-state index is 0.185. The SMILES string of the molecule is Cc1ccc([N-]CCCN2CC3CN(C(=O)c4ccc(C(F)(F)F)cc4)CC3C2)cc1Cl. The number of nitrogens with zero attached hydrogens (tertiary/aromatic N) is 3. The molecule has 0 bridgehead atoms. The van der Waals surface area contributed by atoms with Crippen LogP contribution in [0.5, 0.6) is 0 Å². The van der Waals surface area contributed by atoms with Crippen molar-refractivity contribution in [3.05, 3.63) is 69.5 Å². The van der Waals surface area contributed by atoms with E-state index in [-0.39, 0.29) is 5.91 Å². The average Bonchev–Trinajstić information content (AvgIpc) is 3.31. The third kappa shape index (κ3) is 5.21. The second kappa shape index (κ2) is 9.32. The number of benzene rings is 2. The first-order valence-electron chi connectivity index (χ1n) is 10.8. The van der Waals surface area contributed by atoms with Crippen LogP contribution in [0.2, 0.25) is 5.02 Å². The van der Waals surface area contributed by atoms with Crippen LogP contribution in [0.25, 0.3) is 5.32 Å². The summed E-state index contributed by atoms with van der Waals surface area (Å²) in [6, 6.07) is 10.3. The lowest BCUT2D eigenvalue weighted by Gasteiger charge is -2.25. The molecule has 0 aromatic heterocycles. The van der Waals surface area contributed by atoms with E-state index in [0.29, 0.717) is 30.5 Å². The molecule has 2 atom stereocenters. The molecule has 2 aliphatic rings. The molecule has 4 rings (SSSR count). The normalized spacial score (nSPS) is 21.1.